The highest BCUT2D eigenvalue weighted by Crippen LogP contribution is 2.32. The van der Waals surface area contributed by atoms with Crippen LogP contribution in [-0.2, 0) is 16.1 Å². The van der Waals surface area contributed by atoms with E-state index in [1.54, 1.807) is 17.0 Å². The Kier molecular flexibility index (Phi) is 7.08. The fourth-order valence-corrected chi connectivity index (χ4v) is 5.10. The van der Waals surface area contributed by atoms with E-state index in [9.17, 15) is 23.2 Å². The number of urea groups is 1. The van der Waals surface area contributed by atoms with E-state index in [0.717, 1.165) is 30.7 Å². The maximum atomic E-state index is 13.9. The summed E-state index contributed by atoms with van der Waals surface area (Å²) in [5.74, 6) is -0.945. The van der Waals surface area contributed by atoms with Gasteiger partial charge in [0, 0.05) is 12.6 Å². The molecule has 2 saturated heterocycles. The van der Waals surface area contributed by atoms with Crippen LogP contribution in [0.2, 0.25) is 0 Å². The number of nitrogens with two attached hydrogens (primary N) is 1. The minimum Gasteiger partial charge on any atom is -0.334 e. The monoisotopic (exact) mass is 464 g/mol. The van der Waals surface area contributed by atoms with Crippen molar-refractivity contribution in [1.29, 1.82) is 0 Å². The molecule has 1 aromatic rings. The average molecular weight is 465 g/mol. The second-order valence-electron chi connectivity index (χ2n) is 8.72. The van der Waals surface area contributed by atoms with Gasteiger partial charge in [-0.2, -0.15) is 5.01 Å². The van der Waals surface area contributed by atoms with Gasteiger partial charge in [-0.3, -0.25) is 9.59 Å². The number of hydrogen-bond acceptors (Lipinski definition) is 5. The normalized spacial score (nSPS) is 24.4. The molecule has 1 saturated carbocycles. The lowest BCUT2D eigenvalue weighted by Gasteiger charge is -2.55. The largest absolute Gasteiger partial charge is 0.334 e. The molecule has 9 nitrogen and oxygen atoms in total. The van der Waals surface area contributed by atoms with Crippen molar-refractivity contribution >= 4 is 17.8 Å². The Labute approximate surface area is 191 Å². The molecule has 4 rings (SSSR count). The van der Waals surface area contributed by atoms with E-state index >= 15 is 0 Å². The molecule has 0 radical (unpaired) electrons. The van der Waals surface area contributed by atoms with Gasteiger partial charge in [-0.1, -0.05) is 25.0 Å². The third kappa shape index (κ3) is 4.65. The van der Waals surface area contributed by atoms with Gasteiger partial charge in [0.1, 0.15) is 24.6 Å². The van der Waals surface area contributed by atoms with Crippen LogP contribution < -0.4 is 11.1 Å². The van der Waals surface area contributed by atoms with Crippen LogP contribution in [0.25, 0.3) is 0 Å². The summed E-state index contributed by atoms with van der Waals surface area (Å²) in [4.78, 5) is 42.6. The molecule has 1 aromatic carbocycles. The van der Waals surface area contributed by atoms with Crippen molar-refractivity contribution in [3.8, 4) is 0 Å². The molecule has 180 valence electrons. The zero-order chi connectivity index (χ0) is 23.5. The summed E-state index contributed by atoms with van der Waals surface area (Å²) in [6.45, 7) is -0.951. The fourth-order valence-electron chi connectivity index (χ4n) is 5.10. The highest BCUT2D eigenvalue weighted by Gasteiger charge is 2.52. The fraction of sp³-hybridized carbons (Fsp3) is 0.591. The van der Waals surface area contributed by atoms with Gasteiger partial charge < -0.3 is 20.9 Å². The first-order chi connectivity index (χ1) is 15.9. The van der Waals surface area contributed by atoms with Crippen LogP contribution in [0.15, 0.2) is 24.3 Å². The molecule has 0 spiro atoms. The van der Waals surface area contributed by atoms with Crippen LogP contribution in [-0.4, -0.2) is 82.3 Å². The third-order valence-corrected chi connectivity index (χ3v) is 6.69. The summed E-state index contributed by atoms with van der Waals surface area (Å²) >= 11 is 0. The van der Waals surface area contributed by atoms with E-state index in [0.29, 0.717) is 5.56 Å². The minimum absolute atomic E-state index is 0.0416. The number of amides is 4. The summed E-state index contributed by atoms with van der Waals surface area (Å²) in [7, 11) is 0. The van der Waals surface area contributed by atoms with Gasteiger partial charge in [-0.15, -0.1) is 0 Å². The quantitative estimate of drug-likeness (QED) is 0.615. The van der Waals surface area contributed by atoms with Crippen LogP contribution in [0.1, 0.15) is 37.7 Å². The first-order valence-electron chi connectivity index (χ1n) is 11.4. The van der Waals surface area contributed by atoms with E-state index in [1.165, 1.54) is 22.0 Å². The number of piperazine rings is 1. The van der Waals surface area contributed by atoms with Crippen LogP contribution in [0.4, 0.5) is 13.6 Å². The Balaban J connectivity index is 1.60. The summed E-state index contributed by atoms with van der Waals surface area (Å²) < 4.78 is 27.1. The van der Waals surface area contributed by atoms with E-state index < -0.39 is 30.9 Å². The maximum absolute atomic E-state index is 13.9. The van der Waals surface area contributed by atoms with E-state index in [1.807, 2.05) is 0 Å². The number of halogens is 2. The molecule has 4 amide bonds. The second-order valence-corrected chi connectivity index (χ2v) is 8.72. The predicted molar refractivity (Wildman–Crippen MR) is 115 cm³/mol. The zero-order valence-corrected chi connectivity index (χ0v) is 18.5. The van der Waals surface area contributed by atoms with Gasteiger partial charge in [-0.05, 0) is 43.5 Å². The molecule has 3 N–H and O–H groups in total. The SMILES string of the molecule is NCC[C@H]1C(=O)N(C2CCCC2)C[C@H]2N1C(=O)CN(CF)N2C(=O)NCc1ccc(F)cc1. The number of hydrazine groups is 1. The molecule has 33 heavy (non-hydrogen) atoms. The Bertz CT molecular complexity index is 879. The standard InChI is InChI=1S/C22H30F2N6O3/c23-14-27-13-20(31)29-18(9-10-25)21(32)28(17-3-1-2-4-17)12-19(29)30(27)22(33)26-11-15-5-7-16(24)8-6-15/h5-8,17-19H,1-4,9-14,25H2,(H,26,33)/t18-,19-/m0/s1. The first-order valence-corrected chi connectivity index (χ1v) is 11.4. The van der Waals surface area contributed by atoms with Crippen LogP contribution >= 0.6 is 0 Å². The molecule has 2 aliphatic heterocycles. The highest BCUT2D eigenvalue weighted by molar-refractivity contribution is 5.91. The van der Waals surface area contributed by atoms with Crippen LogP contribution in [0.5, 0.6) is 0 Å². The van der Waals surface area contributed by atoms with Crippen molar-refractivity contribution < 1.29 is 23.2 Å². The van der Waals surface area contributed by atoms with Gasteiger partial charge in [0.2, 0.25) is 11.8 Å². The van der Waals surface area contributed by atoms with Crippen molar-refractivity contribution in [1.82, 2.24) is 25.1 Å². The summed E-state index contributed by atoms with van der Waals surface area (Å²) in [6.07, 6.45) is 3.20. The molecule has 0 unspecified atom stereocenters. The number of nitrogens with one attached hydrogen (secondary N) is 1. The second kappa shape index (κ2) is 10.0. The lowest BCUT2D eigenvalue weighted by atomic mass is 10.0. The highest BCUT2D eigenvalue weighted by atomic mass is 19.1. The summed E-state index contributed by atoms with van der Waals surface area (Å²) in [5, 5.41) is 5.01. The Hall–Kier alpha value is -2.79. The molecule has 2 atom stereocenters. The predicted octanol–water partition coefficient (Wildman–Crippen LogP) is 1.15. The molecule has 3 fully saturated rings. The third-order valence-electron chi connectivity index (χ3n) is 6.69. The van der Waals surface area contributed by atoms with Crippen molar-refractivity contribution in [2.24, 2.45) is 5.73 Å². The van der Waals surface area contributed by atoms with Crippen molar-refractivity contribution in [3.63, 3.8) is 0 Å². The molecular weight excluding hydrogens is 434 g/mol. The van der Waals surface area contributed by atoms with E-state index in [2.05, 4.69) is 5.32 Å². The number of rotatable bonds is 6. The summed E-state index contributed by atoms with van der Waals surface area (Å²) in [5.41, 5.74) is 6.43. The lowest BCUT2D eigenvalue weighted by molar-refractivity contribution is -0.197. The number of carbonyl (C=O) groups is 3. The smallest absolute Gasteiger partial charge is 0.334 e. The van der Waals surface area contributed by atoms with Gasteiger partial charge in [0.25, 0.3) is 0 Å². The van der Waals surface area contributed by atoms with Gasteiger partial charge >= 0.3 is 6.03 Å². The molecule has 11 heteroatoms. The van der Waals surface area contributed by atoms with Gasteiger partial charge in [0.05, 0.1) is 6.54 Å². The number of alkyl halides is 1. The Morgan fingerprint density at radius 3 is 2.48 bits per heavy atom. The Morgan fingerprint density at radius 1 is 1.15 bits per heavy atom. The molecular formula is C22H30F2N6O3. The first kappa shape index (κ1) is 23.4. The molecule has 0 bridgehead atoms. The van der Waals surface area contributed by atoms with E-state index in [4.69, 9.17) is 5.73 Å². The summed E-state index contributed by atoms with van der Waals surface area (Å²) in [6, 6.07) is 4.35. The number of carbonyl (C=O) groups excluding carboxylic acids is 3. The number of nitrogens with zero attached hydrogens (tertiary/aromatic N) is 4. The topological polar surface area (TPSA) is 102 Å². The van der Waals surface area contributed by atoms with Gasteiger partial charge in [-0.25, -0.2) is 18.6 Å². The molecule has 0 aromatic heterocycles. The molecule has 1 aliphatic carbocycles. The average Bonchev–Trinajstić information content (AvgIpc) is 3.34. The van der Waals surface area contributed by atoms with Crippen molar-refractivity contribution in [2.45, 2.75) is 56.9 Å². The van der Waals surface area contributed by atoms with Gasteiger partial charge in [0.15, 0.2) is 6.80 Å². The minimum atomic E-state index is -1.03. The molecule has 2 heterocycles. The number of fused-ring (bicyclic) bond motifs is 1. The Morgan fingerprint density at radius 2 is 1.85 bits per heavy atom. The van der Waals surface area contributed by atoms with Crippen LogP contribution in [0.3, 0.4) is 0 Å². The maximum Gasteiger partial charge on any atom is 0.334 e. The van der Waals surface area contributed by atoms with Crippen molar-refractivity contribution in [2.75, 3.05) is 26.4 Å². The number of hydrogen-bond donors (Lipinski definition) is 2. The van der Waals surface area contributed by atoms with Crippen LogP contribution in [0, 0.1) is 5.82 Å². The lowest BCUT2D eigenvalue weighted by Crippen LogP contribution is -2.77. The van der Waals surface area contributed by atoms with Crippen molar-refractivity contribution in [3.05, 3.63) is 35.6 Å². The zero-order valence-electron chi connectivity index (χ0n) is 18.5. The van der Waals surface area contributed by atoms with E-state index in [-0.39, 0.29) is 50.4 Å². The molecule has 3 aliphatic rings. The number of benzene rings is 1.